The standard InChI is InChI=1S/C25H27F3N5PS/c1-17-8-3-4-11-20(17)21-15-23(33-24(32-21)22(34)16-30-33)29-12-5-6-13-31-35(2)19-10-7-9-18(14-19)25(26,27)28/h3-4,7-11,14-16,29,31H,2,5-6,12-13,34H2,1H3. The van der Waals surface area contributed by atoms with Crippen LogP contribution in [0.5, 0.6) is 0 Å². The number of nitrogens with one attached hydrogen (secondary N) is 2. The molecule has 0 radical (unpaired) electrons. The number of rotatable bonds is 9. The van der Waals surface area contributed by atoms with Crippen LogP contribution in [0.15, 0.2) is 65.7 Å². The first-order chi connectivity index (χ1) is 16.7. The van der Waals surface area contributed by atoms with E-state index in [1.165, 1.54) is 6.07 Å². The van der Waals surface area contributed by atoms with Crippen molar-refractivity contribution in [1.29, 1.82) is 0 Å². The van der Waals surface area contributed by atoms with Crippen LogP contribution in [0.2, 0.25) is 0 Å². The molecule has 0 saturated heterocycles. The smallest absolute Gasteiger partial charge is 0.370 e. The highest BCUT2D eigenvalue weighted by molar-refractivity contribution is 8.12. The number of hydrogen-bond acceptors (Lipinski definition) is 4. The van der Waals surface area contributed by atoms with Crippen molar-refractivity contribution in [3.05, 3.63) is 71.9 Å². The Hall–Kier alpha value is -2.74. The first kappa shape index (κ1) is 25.4. The maximum Gasteiger partial charge on any atom is 0.416 e. The molecule has 2 aromatic heterocycles. The van der Waals surface area contributed by atoms with E-state index in [0.717, 1.165) is 58.6 Å². The second-order valence-corrected chi connectivity index (χ2v) is 10.3. The number of nitrogens with zero attached hydrogens (tertiary/aromatic N) is 3. The lowest BCUT2D eigenvalue weighted by molar-refractivity contribution is -0.137. The zero-order valence-electron chi connectivity index (χ0n) is 19.3. The molecule has 5 nitrogen and oxygen atoms in total. The second kappa shape index (κ2) is 10.9. The van der Waals surface area contributed by atoms with E-state index < -0.39 is 22.4 Å². The average Bonchev–Trinajstić information content (AvgIpc) is 3.21. The van der Waals surface area contributed by atoms with Crippen molar-refractivity contribution < 1.29 is 13.2 Å². The van der Waals surface area contributed by atoms with Crippen LogP contribution in [0, 0.1) is 6.92 Å². The minimum absolute atomic E-state index is 0.549. The first-order valence-electron chi connectivity index (χ1n) is 11.1. The van der Waals surface area contributed by atoms with E-state index in [9.17, 15) is 13.2 Å². The molecular weight excluding hydrogens is 490 g/mol. The van der Waals surface area contributed by atoms with Gasteiger partial charge in [0.15, 0.2) is 5.65 Å². The van der Waals surface area contributed by atoms with E-state index in [1.807, 2.05) is 18.2 Å². The summed E-state index contributed by atoms with van der Waals surface area (Å²) >= 11 is 0. The number of aryl methyl sites for hydroxylation is 1. The zero-order valence-corrected chi connectivity index (χ0v) is 21.2. The fourth-order valence-electron chi connectivity index (χ4n) is 3.67. The molecule has 0 aliphatic rings. The van der Waals surface area contributed by atoms with Crippen LogP contribution in [0.4, 0.5) is 19.0 Å². The number of halogens is 3. The number of alkyl halides is 3. The molecule has 0 saturated carbocycles. The summed E-state index contributed by atoms with van der Waals surface area (Å²) in [5.74, 6) is 4.85. The van der Waals surface area contributed by atoms with Crippen molar-refractivity contribution in [3.8, 4) is 11.3 Å². The third-order valence-corrected chi connectivity index (χ3v) is 7.33. The molecule has 0 aliphatic carbocycles. The number of unbranched alkanes of at least 4 members (excludes halogenated alkanes) is 1. The molecule has 2 heterocycles. The van der Waals surface area contributed by atoms with Crippen LogP contribution in [0.3, 0.4) is 0 Å². The molecule has 35 heavy (non-hydrogen) atoms. The van der Waals surface area contributed by atoms with Crippen LogP contribution in [-0.2, 0) is 6.18 Å². The van der Waals surface area contributed by atoms with Crippen LogP contribution >= 0.6 is 19.9 Å². The summed E-state index contributed by atoms with van der Waals surface area (Å²) in [6, 6.07) is 15.5. The van der Waals surface area contributed by atoms with Crippen molar-refractivity contribution in [1.82, 2.24) is 19.3 Å². The molecule has 2 N–H and O–H groups in total. The lowest BCUT2D eigenvalue weighted by Crippen LogP contribution is -2.13. The van der Waals surface area contributed by atoms with Gasteiger partial charge in [0.2, 0.25) is 0 Å². The summed E-state index contributed by atoms with van der Waals surface area (Å²) in [5, 5.41) is 8.82. The molecule has 0 amide bonds. The van der Waals surface area contributed by atoms with Gasteiger partial charge in [0.25, 0.3) is 0 Å². The fourth-order valence-corrected chi connectivity index (χ4v) is 5.00. The molecule has 2 unspecified atom stereocenters. The van der Waals surface area contributed by atoms with Crippen molar-refractivity contribution in [2.45, 2.75) is 30.8 Å². The zero-order chi connectivity index (χ0) is 25.0. The normalized spacial score (nSPS) is 12.7. The van der Waals surface area contributed by atoms with Gasteiger partial charge in [-0.15, -0.1) is 0 Å². The molecular formula is C25H27F3N5PS. The Kier molecular flexibility index (Phi) is 7.89. The average molecular weight is 518 g/mol. The highest BCUT2D eigenvalue weighted by Gasteiger charge is 2.30. The lowest BCUT2D eigenvalue weighted by atomic mass is 10.1. The van der Waals surface area contributed by atoms with Gasteiger partial charge in [0.1, 0.15) is 5.82 Å². The van der Waals surface area contributed by atoms with Gasteiger partial charge < -0.3 is 5.32 Å². The number of anilines is 1. The monoisotopic (exact) mass is 517 g/mol. The Morgan fingerprint density at radius 1 is 1.06 bits per heavy atom. The SMILES string of the molecule is C=S(NCCCCNc1cc(-c2ccccc2C)nc2c(P)cnn12)c1cccc(C(F)(F)F)c1. The third kappa shape index (κ3) is 6.10. The largest absolute Gasteiger partial charge is 0.416 e. The van der Waals surface area contributed by atoms with Gasteiger partial charge in [0.05, 0.1) is 17.5 Å². The first-order valence-corrected chi connectivity index (χ1v) is 13.1. The highest BCUT2D eigenvalue weighted by atomic mass is 32.2. The van der Waals surface area contributed by atoms with Gasteiger partial charge in [-0.05, 0) is 43.5 Å². The number of fused-ring (bicyclic) bond motifs is 1. The molecule has 10 heteroatoms. The molecule has 184 valence electrons. The Balaban J connectivity index is 1.34. The van der Waals surface area contributed by atoms with E-state index in [0.29, 0.717) is 18.0 Å². The van der Waals surface area contributed by atoms with Gasteiger partial charge in [-0.2, -0.15) is 22.8 Å². The van der Waals surface area contributed by atoms with Gasteiger partial charge >= 0.3 is 6.18 Å². The molecule has 0 aliphatic heterocycles. The third-order valence-electron chi connectivity index (χ3n) is 5.55. The number of hydrogen-bond donors (Lipinski definition) is 2. The Bertz CT molecular complexity index is 1350. The topological polar surface area (TPSA) is 54.2 Å². The van der Waals surface area contributed by atoms with Crippen LogP contribution in [-0.4, -0.2) is 33.6 Å². The fraction of sp³-hybridized carbons (Fsp3) is 0.240. The van der Waals surface area contributed by atoms with Crippen molar-refractivity contribution in [3.63, 3.8) is 0 Å². The Labute approximate surface area is 207 Å². The molecule has 0 spiro atoms. The summed E-state index contributed by atoms with van der Waals surface area (Å²) in [6.45, 7) is 3.44. The summed E-state index contributed by atoms with van der Waals surface area (Å²) in [4.78, 5) is 5.36. The van der Waals surface area contributed by atoms with Gasteiger partial charge in [0, 0.05) is 34.9 Å². The van der Waals surface area contributed by atoms with Gasteiger partial charge in [-0.25, -0.2) is 4.98 Å². The lowest BCUT2D eigenvalue weighted by Gasteiger charge is -2.14. The number of benzene rings is 2. The molecule has 0 fully saturated rings. The van der Waals surface area contributed by atoms with E-state index in [1.54, 1.807) is 16.8 Å². The minimum Gasteiger partial charge on any atom is -0.370 e. The van der Waals surface area contributed by atoms with Crippen LogP contribution in [0.25, 0.3) is 16.9 Å². The predicted molar refractivity (Wildman–Crippen MR) is 143 cm³/mol. The van der Waals surface area contributed by atoms with Crippen molar-refractivity contribution >= 4 is 42.5 Å². The van der Waals surface area contributed by atoms with E-state index in [4.69, 9.17) is 4.98 Å². The second-order valence-electron chi connectivity index (χ2n) is 8.12. The summed E-state index contributed by atoms with van der Waals surface area (Å²) < 4.78 is 43.9. The molecule has 0 bridgehead atoms. The van der Waals surface area contributed by atoms with E-state index in [-0.39, 0.29) is 0 Å². The Morgan fingerprint density at radius 2 is 1.83 bits per heavy atom. The molecule has 4 aromatic rings. The van der Waals surface area contributed by atoms with Crippen molar-refractivity contribution in [2.24, 2.45) is 0 Å². The van der Waals surface area contributed by atoms with Crippen LogP contribution < -0.4 is 15.3 Å². The van der Waals surface area contributed by atoms with Crippen LogP contribution in [0.1, 0.15) is 24.0 Å². The molecule has 2 atom stereocenters. The quantitative estimate of drug-likeness (QED) is 0.170. The predicted octanol–water partition coefficient (Wildman–Crippen LogP) is 5.68. The van der Waals surface area contributed by atoms with Gasteiger partial charge in [-0.3, -0.25) is 4.72 Å². The summed E-state index contributed by atoms with van der Waals surface area (Å²) in [6.07, 6.45) is -0.870. The number of aromatic nitrogens is 3. The maximum atomic E-state index is 12.9. The van der Waals surface area contributed by atoms with Gasteiger partial charge in [-0.1, -0.05) is 56.1 Å². The highest BCUT2D eigenvalue weighted by Crippen LogP contribution is 2.32. The van der Waals surface area contributed by atoms with Crippen molar-refractivity contribution in [2.75, 3.05) is 18.4 Å². The maximum absolute atomic E-state index is 12.9. The summed E-state index contributed by atoms with van der Waals surface area (Å²) in [5.41, 5.74) is 3.23. The molecule has 4 rings (SSSR count). The molecule has 2 aromatic carbocycles. The van der Waals surface area contributed by atoms with E-state index in [2.05, 4.69) is 49.3 Å². The van der Waals surface area contributed by atoms with E-state index >= 15 is 0 Å². The minimum atomic E-state index is -4.35. The Morgan fingerprint density at radius 3 is 2.60 bits per heavy atom. The summed E-state index contributed by atoms with van der Waals surface area (Å²) in [7, 11) is 1.97.